The molecule has 4 aromatic rings. The van der Waals surface area contributed by atoms with Gasteiger partial charge < -0.3 is 4.74 Å². The van der Waals surface area contributed by atoms with Crippen LogP contribution in [0, 0.1) is 0 Å². The average molecular weight is 443 g/mol. The molecule has 5 rings (SSSR count). The van der Waals surface area contributed by atoms with Gasteiger partial charge in [-0.2, -0.15) is 0 Å². The maximum Gasteiger partial charge on any atom is 0.198 e. The van der Waals surface area contributed by atoms with E-state index in [9.17, 15) is 0 Å². The number of thiophene rings is 1. The highest BCUT2D eigenvalue weighted by molar-refractivity contribution is 7.99. The van der Waals surface area contributed by atoms with Crippen LogP contribution < -0.4 is 4.74 Å². The van der Waals surface area contributed by atoms with Gasteiger partial charge in [0.25, 0.3) is 0 Å². The monoisotopic (exact) mass is 442 g/mol. The Morgan fingerprint density at radius 3 is 2.69 bits per heavy atom. The fourth-order valence-electron chi connectivity index (χ4n) is 3.79. The zero-order chi connectivity index (χ0) is 19.8. The smallest absolute Gasteiger partial charge is 0.198 e. The molecule has 0 amide bonds. The summed E-state index contributed by atoms with van der Waals surface area (Å²) in [5.41, 5.74) is 3.67. The molecule has 8 heteroatoms. The lowest BCUT2D eigenvalue weighted by Gasteiger charge is -2.11. The molecule has 3 heterocycles. The molecule has 0 bridgehead atoms. The summed E-state index contributed by atoms with van der Waals surface area (Å²) in [6, 6.07) is 8.20. The molecule has 29 heavy (non-hydrogen) atoms. The predicted octanol–water partition coefficient (Wildman–Crippen LogP) is 5.63. The maximum atomic E-state index is 5.26. The third-order valence-corrected chi connectivity index (χ3v) is 8.21. The fraction of sp³-hybridized carbons (Fsp3) is 0.381. The van der Waals surface area contributed by atoms with Gasteiger partial charge in [0.05, 0.1) is 12.5 Å². The van der Waals surface area contributed by atoms with Crippen molar-refractivity contribution in [3.05, 3.63) is 40.3 Å². The Bertz CT molecular complexity index is 1170. The number of hydrogen-bond acceptors (Lipinski definition) is 7. The largest absolute Gasteiger partial charge is 0.497 e. The molecule has 0 saturated heterocycles. The third-order valence-electron chi connectivity index (χ3n) is 5.20. The molecule has 0 radical (unpaired) electrons. The molecule has 1 aliphatic rings. The van der Waals surface area contributed by atoms with Crippen LogP contribution in [0.25, 0.3) is 15.9 Å². The van der Waals surface area contributed by atoms with E-state index < -0.39 is 0 Å². The van der Waals surface area contributed by atoms with Gasteiger partial charge in [0.15, 0.2) is 16.0 Å². The number of thioether (sulfide) groups is 2. The van der Waals surface area contributed by atoms with E-state index in [0.717, 1.165) is 44.5 Å². The Morgan fingerprint density at radius 1 is 1.07 bits per heavy atom. The Balaban J connectivity index is 1.56. The molecule has 0 aliphatic heterocycles. The maximum absolute atomic E-state index is 5.26. The van der Waals surface area contributed by atoms with E-state index in [0.29, 0.717) is 0 Å². The van der Waals surface area contributed by atoms with Crippen molar-refractivity contribution < 1.29 is 4.74 Å². The van der Waals surface area contributed by atoms with Crippen molar-refractivity contribution in [3.63, 3.8) is 0 Å². The minimum atomic E-state index is 0.834. The molecule has 0 atom stereocenters. The van der Waals surface area contributed by atoms with Gasteiger partial charge in [-0.25, -0.2) is 9.38 Å². The molecule has 3 aromatic heterocycles. The van der Waals surface area contributed by atoms with E-state index in [1.54, 1.807) is 30.6 Å². The second-order valence-electron chi connectivity index (χ2n) is 7.00. The number of rotatable bonds is 6. The molecule has 0 fully saturated rings. The first-order valence-corrected chi connectivity index (χ1v) is 12.6. The number of hydrogen-bond donors (Lipinski definition) is 0. The van der Waals surface area contributed by atoms with Crippen LogP contribution in [0.5, 0.6) is 5.75 Å². The van der Waals surface area contributed by atoms with Crippen molar-refractivity contribution in [2.75, 3.05) is 12.9 Å². The van der Waals surface area contributed by atoms with Gasteiger partial charge in [0.2, 0.25) is 0 Å². The van der Waals surface area contributed by atoms with E-state index in [1.807, 2.05) is 23.5 Å². The molecule has 1 aromatic carbocycles. The number of ether oxygens (including phenoxy) is 1. The summed E-state index contributed by atoms with van der Waals surface area (Å²) in [6.07, 6.45) is 4.84. The third kappa shape index (κ3) is 3.51. The summed E-state index contributed by atoms with van der Waals surface area (Å²) >= 11 is 5.32. The molecule has 5 nitrogen and oxygen atoms in total. The van der Waals surface area contributed by atoms with Gasteiger partial charge >= 0.3 is 0 Å². The van der Waals surface area contributed by atoms with E-state index in [2.05, 4.69) is 33.7 Å². The number of nitrogens with zero attached hydrogens (tertiary/aromatic N) is 4. The van der Waals surface area contributed by atoms with Gasteiger partial charge in [0, 0.05) is 10.6 Å². The van der Waals surface area contributed by atoms with Crippen LogP contribution >= 0.6 is 34.9 Å². The minimum Gasteiger partial charge on any atom is -0.497 e. The average Bonchev–Trinajstić information content (AvgIpc) is 3.34. The molecule has 0 unspecified atom stereocenters. The van der Waals surface area contributed by atoms with Crippen molar-refractivity contribution in [3.8, 4) is 5.75 Å². The van der Waals surface area contributed by atoms with Crippen LogP contribution in [-0.2, 0) is 18.6 Å². The lowest BCUT2D eigenvalue weighted by Crippen LogP contribution is -2.01. The number of aryl methyl sites for hydroxylation is 2. The molecule has 0 spiro atoms. The lowest BCUT2D eigenvalue weighted by molar-refractivity contribution is 0.414. The molecular formula is C21H22N4OS3. The lowest BCUT2D eigenvalue weighted by atomic mass is 9.97. The number of benzene rings is 1. The molecule has 0 N–H and O–H groups in total. The van der Waals surface area contributed by atoms with Crippen molar-refractivity contribution in [2.45, 2.75) is 48.7 Å². The van der Waals surface area contributed by atoms with Crippen LogP contribution in [0.4, 0.5) is 0 Å². The molecular weight excluding hydrogens is 420 g/mol. The Kier molecular flexibility index (Phi) is 5.41. The molecule has 0 saturated carbocycles. The Labute approximate surface area is 182 Å². The highest BCUT2D eigenvalue weighted by Gasteiger charge is 2.23. The van der Waals surface area contributed by atoms with E-state index >= 15 is 0 Å². The van der Waals surface area contributed by atoms with Gasteiger partial charge in [-0.3, -0.25) is 0 Å². The second-order valence-corrected chi connectivity index (χ2v) is 10.3. The van der Waals surface area contributed by atoms with E-state index in [4.69, 9.17) is 9.72 Å². The quantitative estimate of drug-likeness (QED) is 0.285. The normalized spacial score (nSPS) is 13.9. The Hall–Kier alpha value is -1.77. The highest BCUT2D eigenvalue weighted by Crippen LogP contribution is 2.39. The summed E-state index contributed by atoms with van der Waals surface area (Å²) in [7, 11) is 1.69. The highest BCUT2D eigenvalue weighted by atomic mass is 32.2. The van der Waals surface area contributed by atoms with Gasteiger partial charge in [-0.15, -0.1) is 21.5 Å². The van der Waals surface area contributed by atoms with Crippen LogP contribution in [-0.4, -0.2) is 32.4 Å². The number of aromatic nitrogens is 4. The van der Waals surface area contributed by atoms with Crippen molar-refractivity contribution in [1.29, 1.82) is 0 Å². The van der Waals surface area contributed by atoms with Crippen molar-refractivity contribution in [2.24, 2.45) is 0 Å². The zero-order valence-electron chi connectivity index (χ0n) is 16.5. The predicted molar refractivity (Wildman–Crippen MR) is 122 cm³/mol. The molecule has 1 aliphatic carbocycles. The van der Waals surface area contributed by atoms with Crippen LogP contribution in [0.1, 0.15) is 35.8 Å². The SMILES string of the molecule is CCSc1nc2sc3c(c2c2nnc(SCc4ccc(OC)cc4)n12)CCCC3. The first kappa shape index (κ1) is 19.2. The molecule has 150 valence electrons. The summed E-state index contributed by atoms with van der Waals surface area (Å²) < 4.78 is 7.43. The van der Waals surface area contributed by atoms with Crippen molar-refractivity contribution in [1.82, 2.24) is 19.6 Å². The van der Waals surface area contributed by atoms with Gasteiger partial charge in [-0.05, 0) is 54.7 Å². The topological polar surface area (TPSA) is 52.3 Å². The fourth-order valence-corrected chi connectivity index (χ4v) is 6.77. The van der Waals surface area contributed by atoms with Gasteiger partial charge in [-0.1, -0.05) is 42.6 Å². The van der Waals surface area contributed by atoms with Crippen LogP contribution in [0.2, 0.25) is 0 Å². The summed E-state index contributed by atoms with van der Waals surface area (Å²) in [4.78, 5) is 7.66. The standard InChI is InChI=1S/C21H22N4OS3/c1-3-27-20-22-19-17(15-6-4-5-7-16(15)29-19)18-23-24-21(25(18)20)28-12-13-8-10-14(26-2)11-9-13/h8-11H,3-7,12H2,1-2H3. The summed E-state index contributed by atoms with van der Waals surface area (Å²) in [5.74, 6) is 2.68. The summed E-state index contributed by atoms with van der Waals surface area (Å²) in [6.45, 7) is 2.16. The number of methoxy groups -OCH3 is 1. The summed E-state index contributed by atoms with van der Waals surface area (Å²) in [5, 5.41) is 12.3. The minimum absolute atomic E-state index is 0.834. The first-order valence-electron chi connectivity index (χ1n) is 9.86. The van der Waals surface area contributed by atoms with Gasteiger partial charge in [0.1, 0.15) is 10.6 Å². The van der Waals surface area contributed by atoms with Crippen LogP contribution in [0.15, 0.2) is 34.6 Å². The van der Waals surface area contributed by atoms with E-state index in [-0.39, 0.29) is 0 Å². The zero-order valence-corrected chi connectivity index (χ0v) is 18.9. The number of fused-ring (bicyclic) bond motifs is 5. The van der Waals surface area contributed by atoms with Crippen LogP contribution in [0.3, 0.4) is 0 Å². The van der Waals surface area contributed by atoms with Crippen molar-refractivity contribution >= 4 is 50.7 Å². The Morgan fingerprint density at radius 2 is 1.90 bits per heavy atom. The van der Waals surface area contributed by atoms with E-state index in [1.165, 1.54) is 40.7 Å². The first-order chi connectivity index (χ1) is 14.3. The second kappa shape index (κ2) is 8.16.